The van der Waals surface area contributed by atoms with Crippen molar-refractivity contribution in [3.8, 4) is 11.3 Å². The molecule has 0 atom stereocenters. The Morgan fingerprint density at radius 3 is 2.17 bits per heavy atom. The topological polar surface area (TPSA) is 3.88 Å². The molecule has 0 spiro atoms. The van der Waals surface area contributed by atoms with Crippen LogP contribution in [0.4, 0.5) is 0 Å². The van der Waals surface area contributed by atoms with Gasteiger partial charge >= 0.3 is 0 Å². The van der Waals surface area contributed by atoms with E-state index in [2.05, 4.69) is 55.4 Å². The van der Waals surface area contributed by atoms with E-state index in [0.717, 1.165) is 16.8 Å². The van der Waals surface area contributed by atoms with Crippen LogP contribution in [0.5, 0.6) is 0 Å². The highest BCUT2D eigenvalue weighted by Gasteiger charge is 2.21. The summed E-state index contributed by atoms with van der Waals surface area (Å²) in [4.78, 5) is 0. The lowest BCUT2D eigenvalue weighted by Crippen LogP contribution is -2.38. The molecule has 0 aliphatic rings. The van der Waals surface area contributed by atoms with Gasteiger partial charge in [-0.15, -0.1) is 0 Å². The molecule has 1 aromatic heterocycles. The predicted octanol–water partition coefficient (Wildman–Crippen LogP) is 4.93. The Balaban J connectivity index is 2.59. The summed E-state index contributed by atoms with van der Waals surface area (Å²) >= 11 is 0. The van der Waals surface area contributed by atoms with Gasteiger partial charge in [0, 0.05) is 19.9 Å². The van der Waals surface area contributed by atoms with Gasteiger partial charge in [-0.2, -0.15) is 0 Å². The monoisotopic (exact) mass is 342 g/mol. The lowest BCUT2D eigenvalue weighted by Gasteiger charge is -2.20. The number of aromatic nitrogens is 1. The third-order valence-corrected chi connectivity index (χ3v) is 6.40. The lowest BCUT2D eigenvalue weighted by molar-refractivity contribution is -0.660. The Kier molecular flexibility index (Phi) is 4.34. The molecule has 0 amide bonds. The third-order valence-electron chi connectivity index (χ3n) is 4.36. The Labute approximate surface area is 152 Å². The van der Waals surface area contributed by atoms with Crippen LogP contribution >= 0.6 is 0 Å². The molecule has 0 bridgehead atoms. The molecule has 0 radical (unpaired) electrons. The largest absolute Gasteiger partial charge is 0.212 e. The lowest BCUT2D eigenvalue weighted by atomic mass is 9.87. The maximum absolute atomic E-state index is 8.63. The van der Waals surface area contributed by atoms with E-state index in [4.69, 9.17) is 2.74 Å². The van der Waals surface area contributed by atoms with E-state index in [1.807, 2.05) is 40.9 Å². The van der Waals surface area contributed by atoms with Gasteiger partial charge in [-0.3, -0.25) is 0 Å². The molecule has 1 heterocycles. The quantitative estimate of drug-likeness (QED) is 0.550. The van der Waals surface area contributed by atoms with Crippen molar-refractivity contribution < 1.29 is 7.31 Å². The summed E-state index contributed by atoms with van der Waals surface area (Å²) in [6, 6.07) is 8.97. The summed E-state index contributed by atoms with van der Waals surface area (Å²) in [5.74, 6) is 0. The van der Waals surface area contributed by atoms with Crippen LogP contribution in [0.25, 0.3) is 11.3 Å². The number of rotatable bonds is 3. The van der Waals surface area contributed by atoms with Crippen molar-refractivity contribution >= 4 is 13.3 Å². The number of aryl methyl sites for hydroxylation is 3. The zero-order valence-corrected chi connectivity index (χ0v) is 17.8. The summed E-state index contributed by atoms with van der Waals surface area (Å²) in [7, 11) is 0.692. The second kappa shape index (κ2) is 6.48. The zero-order valence-electron chi connectivity index (χ0n) is 18.8. The zero-order chi connectivity index (χ0) is 20.1. The molecule has 2 rings (SSSR count). The highest BCUT2D eigenvalue weighted by Crippen LogP contribution is 2.26. The Morgan fingerprint density at radius 1 is 1.04 bits per heavy atom. The molecule has 0 saturated carbocycles. The molecule has 2 heteroatoms. The van der Waals surface area contributed by atoms with Crippen molar-refractivity contribution in [1.82, 2.24) is 0 Å². The smallest absolute Gasteiger partial charge is 0.201 e. The van der Waals surface area contributed by atoms with Crippen LogP contribution in [-0.2, 0) is 13.4 Å². The van der Waals surface area contributed by atoms with E-state index < -0.39 is 19.9 Å². The average Bonchev–Trinajstić information content (AvgIpc) is 2.47. The maximum atomic E-state index is 8.63. The summed E-state index contributed by atoms with van der Waals surface area (Å²) in [5, 5.41) is 1.47. The van der Waals surface area contributed by atoms with E-state index in [-0.39, 0.29) is 0 Å². The van der Waals surface area contributed by atoms with Gasteiger partial charge in [0.05, 0.1) is 8.07 Å². The van der Waals surface area contributed by atoms with Crippen LogP contribution in [0.1, 0.15) is 40.2 Å². The minimum absolute atomic E-state index is 0.457. The van der Waals surface area contributed by atoms with E-state index in [0.29, 0.717) is 0 Å². The summed E-state index contributed by atoms with van der Waals surface area (Å²) in [6.07, 6.45) is 0.589. The predicted molar refractivity (Wildman–Crippen MR) is 109 cm³/mol. The van der Waals surface area contributed by atoms with Gasteiger partial charge in [0.1, 0.15) is 7.05 Å². The van der Waals surface area contributed by atoms with E-state index in [1.54, 1.807) is 0 Å². The number of hydrogen-bond acceptors (Lipinski definition) is 0. The van der Waals surface area contributed by atoms with Gasteiger partial charge in [-0.05, 0) is 42.8 Å². The first-order chi connectivity index (χ1) is 11.7. The first-order valence-electron chi connectivity index (χ1n) is 9.78. The second-order valence-electron chi connectivity index (χ2n) is 9.02. The third kappa shape index (κ3) is 4.35. The van der Waals surface area contributed by atoms with Crippen LogP contribution < -0.4 is 9.75 Å². The fourth-order valence-corrected chi connectivity index (χ4v) is 4.20. The first kappa shape index (κ1) is 16.1. The van der Waals surface area contributed by atoms with Crippen LogP contribution in [0, 0.1) is 19.3 Å². The minimum Gasteiger partial charge on any atom is -0.201 e. The van der Waals surface area contributed by atoms with Crippen molar-refractivity contribution in [2.75, 3.05) is 0 Å². The molecule has 130 valence electrons. The molecule has 0 saturated heterocycles. The molecule has 0 fully saturated rings. The molecule has 0 aliphatic heterocycles. The molecule has 1 nitrogen and oxygen atoms in total. The van der Waals surface area contributed by atoms with Crippen molar-refractivity contribution in [3.63, 3.8) is 0 Å². The van der Waals surface area contributed by atoms with Gasteiger partial charge < -0.3 is 0 Å². The van der Waals surface area contributed by atoms with E-state index in [9.17, 15) is 0 Å². The molecule has 0 aliphatic carbocycles. The van der Waals surface area contributed by atoms with E-state index >= 15 is 0 Å². The molecule has 1 aromatic carbocycles. The first-order valence-corrected chi connectivity index (χ1v) is 12.3. The molecular formula is C22H34NSi+. The number of benzene rings is 1. The summed E-state index contributed by atoms with van der Waals surface area (Å²) in [5.41, 5.74) is 4.96. The normalized spacial score (nSPS) is 14.4. The summed E-state index contributed by atoms with van der Waals surface area (Å²) < 4.78 is 19.3. The molecule has 24 heavy (non-hydrogen) atoms. The minimum atomic E-state index is -1.38. The SMILES string of the molecule is [2H]C([2H])(c1c[n+](C)c(-c2ccc([Si](C)(C)C)cc2C)cc1C)C(C)(C)C. The average molecular weight is 343 g/mol. The molecular weight excluding hydrogens is 306 g/mol. The number of nitrogens with zero attached hydrogens (tertiary/aromatic N) is 1. The van der Waals surface area contributed by atoms with Crippen molar-refractivity contribution in [2.24, 2.45) is 12.5 Å². The Bertz CT molecular complexity index is 827. The number of hydrogen-bond donors (Lipinski definition) is 0. The second-order valence-corrected chi connectivity index (χ2v) is 14.1. The van der Waals surface area contributed by atoms with Gasteiger partial charge in [-0.25, -0.2) is 4.57 Å². The Hall–Kier alpha value is -1.41. The van der Waals surface area contributed by atoms with Gasteiger partial charge in [0.2, 0.25) is 5.69 Å². The summed E-state index contributed by atoms with van der Waals surface area (Å²) in [6.45, 7) is 17.2. The molecule has 2 aromatic rings. The van der Waals surface area contributed by atoms with Gasteiger partial charge in [0.15, 0.2) is 6.20 Å². The van der Waals surface area contributed by atoms with Gasteiger partial charge in [-0.1, -0.05) is 57.7 Å². The van der Waals surface area contributed by atoms with Crippen molar-refractivity contribution in [2.45, 2.75) is 60.6 Å². The fourth-order valence-electron chi connectivity index (χ4n) is 2.97. The van der Waals surface area contributed by atoms with Crippen LogP contribution in [0.2, 0.25) is 19.6 Å². The van der Waals surface area contributed by atoms with Crippen LogP contribution in [-0.4, -0.2) is 8.07 Å². The highest BCUT2D eigenvalue weighted by atomic mass is 28.3. The highest BCUT2D eigenvalue weighted by molar-refractivity contribution is 6.88. The van der Waals surface area contributed by atoms with Crippen LogP contribution in [0.15, 0.2) is 30.5 Å². The van der Waals surface area contributed by atoms with Gasteiger partial charge in [0.25, 0.3) is 0 Å². The Morgan fingerprint density at radius 2 is 1.67 bits per heavy atom. The van der Waals surface area contributed by atoms with E-state index in [1.165, 1.54) is 16.3 Å². The molecule has 0 N–H and O–H groups in total. The molecule has 0 unspecified atom stereocenters. The van der Waals surface area contributed by atoms with Crippen molar-refractivity contribution in [3.05, 3.63) is 47.2 Å². The van der Waals surface area contributed by atoms with Crippen LogP contribution in [0.3, 0.4) is 0 Å². The van der Waals surface area contributed by atoms with Crippen molar-refractivity contribution in [1.29, 1.82) is 0 Å². The number of pyridine rings is 1. The maximum Gasteiger partial charge on any atom is 0.212 e. The standard InChI is InChI=1S/C22H34NSi/c1-16-13-21(23(6)15-18(16)14-22(3,4)5)20-11-10-19(12-17(20)2)24(7,8)9/h10-13,15H,14H2,1-9H3/q+1/i14D2. The fraction of sp³-hybridized carbons (Fsp3) is 0.500.